The van der Waals surface area contributed by atoms with Crippen molar-refractivity contribution in [1.29, 1.82) is 0 Å². The number of thioether (sulfide) groups is 1. The number of hydrogen-bond donors (Lipinski definition) is 1. The number of para-hydroxylation sites is 2. The van der Waals surface area contributed by atoms with E-state index in [4.69, 9.17) is 4.74 Å². The van der Waals surface area contributed by atoms with E-state index in [9.17, 15) is 4.79 Å². The standard InChI is InChI=1S/C20H26N4O2S/c1-14-8-15(2)11-24(10-14)18-9-20(22-13-21-18)27-12-19(25)23-16-6-4-5-7-17(16)26-3/h4-7,9,13-15H,8,10-12H2,1-3H3,(H,23,25). The summed E-state index contributed by atoms with van der Waals surface area (Å²) < 4.78 is 5.26. The number of methoxy groups -OCH3 is 1. The highest BCUT2D eigenvalue weighted by atomic mass is 32.2. The van der Waals surface area contributed by atoms with Crippen LogP contribution < -0.4 is 15.0 Å². The second-order valence-corrected chi connectivity index (χ2v) is 8.10. The van der Waals surface area contributed by atoms with E-state index in [1.807, 2.05) is 30.3 Å². The molecule has 1 aliphatic heterocycles. The Morgan fingerprint density at radius 1 is 1.26 bits per heavy atom. The number of piperidine rings is 1. The van der Waals surface area contributed by atoms with Gasteiger partial charge in [0, 0.05) is 19.2 Å². The van der Waals surface area contributed by atoms with Crippen molar-refractivity contribution in [2.45, 2.75) is 25.3 Å². The fraction of sp³-hybridized carbons (Fsp3) is 0.450. The highest BCUT2D eigenvalue weighted by Crippen LogP contribution is 2.27. The van der Waals surface area contributed by atoms with Crippen molar-refractivity contribution < 1.29 is 9.53 Å². The van der Waals surface area contributed by atoms with Crippen LogP contribution in [-0.2, 0) is 4.79 Å². The Kier molecular flexibility index (Phi) is 6.55. The molecule has 2 aromatic rings. The average Bonchev–Trinajstić information content (AvgIpc) is 2.66. The number of rotatable bonds is 6. The van der Waals surface area contributed by atoms with Crippen molar-refractivity contribution in [3.05, 3.63) is 36.7 Å². The molecule has 2 atom stereocenters. The molecule has 0 radical (unpaired) electrons. The molecule has 0 aliphatic carbocycles. The second-order valence-electron chi connectivity index (χ2n) is 7.10. The summed E-state index contributed by atoms with van der Waals surface area (Å²) in [5.74, 6) is 3.09. The highest BCUT2D eigenvalue weighted by Gasteiger charge is 2.23. The zero-order valence-electron chi connectivity index (χ0n) is 16.0. The first-order chi connectivity index (χ1) is 13.0. The van der Waals surface area contributed by atoms with Gasteiger partial charge in [-0.05, 0) is 30.4 Å². The number of amides is 1. The summed E-state index contributed by atoms with van der Waals surface area (Å²) in [6.45, 7) is 6.59. The number of nitrogens with zero attached hydrogens (tertiary/aromatic N) is 3. The minimum Gasteiger partial charge on any atom is -0.495 e. The maximum atomic E-state index is 12.3. The van der Waals surface area contributed by atoms with Gasteiger partial charge in [-0.2, -0.15) is 0 Å². The fourth-order valence-corrected chi connectivity index (χ4v) is 4.17. The van der Waals surface area contributed by atoms with Crippen LogP contribution in [0.5, 0.6) is 5.75 Å². The lowest BCUT2D eigenvalue weighted by molar-refractivity contribution is -0.113. The summed E-state index contributed by atoms with van der Waals surface area (Å²) in [6, 6.07) is 9.35. The number of ether oxygens (including phenoxy) is 1. The first kappa shape index (κ1) is 19.5. The van der Waals surface area contributed by atoms with Crippen LogP contribution in [0.1, 0.15) is 20.3 Å². The summed E-state index contributed by atoms with van der Waals surface area (Å²) in [5.41, 5.74) is 0.672. The van der Waals surface area contributed by atoms with Gasteiger partial charge in [0.05, 0.1) is 18.6 Å². The molecule has 0 saturated carbocycles. The number of carbonyl (C=O) groups excluding carboxylic acids is 1. The summed E-state index contributed by atoms with van der Waals surface area (Å²) in [7, 11) is 1.59. The molecule has 3 rings (SSSR count). The lowest BCUT2D eigenvalue weighted by atomic mass is 9.92. The second kappa shape index (κ2) is 9.08. The Labute approximate surface area is 164 Å². The average molecular weight is 387 g/mol. The van der Waals surface area contributed by atoms with Gasteiger partial charge in [0.1, 0.15) is 22.9 Å². The summed E-state index contributed by atoms with van der Waals surface area (Å²) in [5, 5.41) is 3.69. The van der Waals surface area contributed by atoms with E-state index >= 15 is 0 Å². The maximum Gasteiger partial charge on any atom is 0.234 e. The van der Waals surface area contributed by atoms with Gasteiger partial charge in [0.15, 0.2) is 0 Å². The van der Waals surface area contributed by atoms with E-state index in [0.717, 1.165) is 23.9 Å². The zero-order chi connectivity index (χ0) is 19.2. The number of benzene rings is 1. The molecule has 0 bridgehead atoms. The molecule has 2 unspecified atom stereocenters. The predicted molar refractivity (Wildman–Crippen MR) is 110 cm³/mol. The largest absolute Gasteiger partial charge is 0.495 e. The van der Waals surface area contributed by atoms with Gasteiger partial charge in [-0.25, -0.2) is 9.97 Å². The van der Waals surface area contributed by atoms with E-state index in [-0.39, 0.29) is 11.7 Å². The van der Waals surface area contributed by atoms with Crippen LogP contribution in [0, 0.1) is 11.8 Å². The lowest BCUT2D eigenvalue weighted by Crippen LogP contribution is -2.39. The van der Waals surface area contributed by atoms with Crippen LogP contribution in [0.25, 0.3) is 0 Å². The summed E-state index contributed by atoms with van der Waals surface area (Å²) in [6.07, 6.45) is 2.84. The molecule has 1 saturated heterocycles. The molecule has 1 N–H and O–H groups in total. The van der Waals surface area contributed by atoms with Gasteiger partial charge >= 0.3 is 0 Å². The lowest BCUT2D eigenvalue weighted by Gasteiger charge is -2.35. The molecule has 7 heteroatoms. The Morgan fingerprint density at radius 3 is 2.74 bits per heavy atom. The molecule has 6 nitrogen and oxygen atoms in total. The van der Waals surface area contributed by atoms with Gasteiger partial charge in [-0.3, -0.25) is 4.79 Å². The number of hydrogen-bond acceptors (Lipinski definition) is 6. The van der Waals surface area contributed by atoms with Crippen LogP contribution in [0.2, 0.25) is 0 Å². The van der Waals surface area contributed by atoms with E-state index in [2.05, 4.69) is 34.0 Å². The van der Waals surface area contributed by atoms with Crippen molar-refractivity contribution in [2.24, 2.45) is 11.8 Å². The molecule has 144 valence electrons. The van der Waals surface area contributed by atoms with Crippen molar-refractivity contribution in [2.75, 3.05) is 36.2 Å². The van der Waals surface area contributed by atoms with Crippen molar-refractivity contribution in [3.63, 3.8) is 0 Å². The number of nitrogens with one attached hydrogen (secondary N) is 1. The van der Waals surface area contributed by atoms with E-state index in [1.165, 1.54) is 18.2 Å². The fourth-order valence-electron chi connectivity index (χ4n) is 3.51. The smallest absolute Gasteiger partial charge is 0.234 e. The van der Waals surface area contributed by atoms with Gasteiger partial charge in [0.25, 0.3) is 0 Å². The molecule has 1 amide bonds. The first-order valence-electron chi connectivity index (χ1n) is 9.17. The minimum atomic E-state index is -0.0927. The van der Waals surface area contributed by atoms with Gasteiger partial charge in [-0.15, -0.1) is 0 Å². The highest BCUT2D eigenvalue weighted by molar-refractivity contribution is 7.99. The van der Waals surface area contributed by atoms with Crippen LogP contribution in [-0.4, -0.2) is 41.8 Å². The van der Waals surface area contributed by atoms with E-state index in [0.29, 0.717) is 23.3 Å². The monoisotopic (exact) mass is 386 g/mol. The van der Waals surface area contributed by atoms with Crippen LogP contribution in [0.3, 0.4) is 0 Å². The molecule has 27 heavy (non-hydrogen) atoms. The molecule has 1 aromatic heterocycles. The van der Waals surface area contributed by atoms with E-state index in [1.54, 1.807) is 13.4 Å². The summed E-state index contributed by atoms with van der Waals surface area (Å²) in [4.78, 5) is 23.3. The van der Waals surface area contributed by atoms with E-state index < -0.39 is 0 Å². The molecular weight excluding hydrogens is 360 g/mol. The van der Waals surface area contributed by atoms with Crippen molar-refractivity contribution in [3.8, 4) is 5.75 Å². The third-order valence-corrected chi connectivity index (χ3v) is 5.48. The predicted octanol–water partition coefficient (Wildman–Crippen LogP) is 3.70. The minimum absolute atomic E-state index is 0.0927. The third-order valence-electron chi connectivity index (χ3n) is 4.55. The number of aromatic nitrogens is 2. The molecule has 2 heterocycles. The van der Waals surface area contributed by atoms with Crippen molar-refractivity contribution >= 4 is 29.2 Å². The molecule has 1 aliphatic rings. The first-order valence-corrected chi connectivity index (χ1v) is 10.2. The van der Waals surface area contributed by atoms with Crippen molar-refractivity contribution in [1.82, 2.24) is 9.97 Å². The zero-order valence-corrected chi connectivity index (χ0v) is 16.8. The SMILES string of the molecule is COc1ccccc1NC(=O)CSc1cc(N2CC(C)CC(C)C2)ncn1. The number of anilines is 2. The Hall–Kier alpha value is -2.28. The molecule has 1 fully saturated rings. The normalized spacial score (nSPS) is 19.6. The third kappa shape index (κ3) is 5.35. The Bertz CT molecular complexity index is 776. The number of carbonyl (C=O) groups is 1. The maximum absolute atomic E-state index is 12.3. The Balaban J connectivity index is 1.59. The quantitative estimate of drug-likeness (QED) is 0.603. The molecule has 0 spiro atoms. The van der Waals surface area contributed by atoms with Crippen LogP contribution in [0.4, 0.5) is 11.5 Å². The summed E-state index contributed by atoms with van der Waals surface area (Å²) >= 11 is 1.41. The topological polar surface area (TPSA) is 67.3 Å². The molecule has 1 aromatic carbocycles. The van der Waals surface area contributed by atoms with Crippen LogP contribution >= 0.6 is 11.8 Å². The van der Waals surface area contributed by atoms with Gasteiger partial charge in [-0.1, -0.05) is 37.7 Å². The Morgan fingerprint density at radius 2 is 2.00 bits per heavy atom. The van der Waals surface area contributed by atoms with Gasteiger partial charge in [0.2, 0.25) is 5.91 Å². The molecular formula is C20H26N4O2S. The van der Waals surface area contributed by atoms with Gasteiger partial charge < -0.3 is 15.0 Å². The van der Waals surface area contributed by atoms with Crippen LogP contribution in [0.15, 0.2) is 41.7 Å².